The average Bonchev–Trinajstić information content (AvgIpc) is 2.98. The van der Waals surface area contributed by atoms with Gasteiger partial charge < -0.3 is 5.32 Å². The molecular weight excluding hydrogens is 190 g/mol. The van der Waals surface area contributed by atoms with Crippen LogP contribution in [-0.4, -0.2) is 10.9 Å². The number of amides is 1. The lowest BCUT2D eigenvalue weighted by Gasteiger charge is -2.07. The van der Waals surface area contributed by atoms with E-state index in [1.54, 1.807) is 12.4 Å². The zero-order valence-corrected chi connectivity index (χ0v) is 8.45. The molecule has 1 aromatic heterocycles. The monoisotopic (exact) mass is 201 g/mol. The van der Waals surface area contributed by atoms with Crippen molar-refractivity contribution in [2.75, 3.05) is 5.32 Å². The van der Waals surface area contributed by atoms with Crippen molar-refractivity contribution in [1.82, 2.24) is 4.98 Å². The van der Waals surface area contributed by atoms with E-state index in [1.165, 1.54) is 0 Å². The van der Waals surface area contributed by atoms with E-state index in [2.05, 4.69) is 16.4 Å². The van der Waals surface area contributed by atoms with E-state index in [1.807, 2.05) is 13.0 Å². The predicted octanol–water partition coefficient (Wildman–Crippen LogP) is 1.63. The van der Waals surface area contributed by atoms with Crippen LogP contribution >= 0.6 is 0 Å². The van der Waals surface area contributed by atoms with Crippen molar-refractivity contribution < 1.29 is 4.79 Å². The molecule has 0 atom stereocenters. The van der Waals surface area contributed by atoms with Crippen LogP contribution in [0.15, 0.2) is 18.5 Å². The molecule has 4 heteroatoms. The topological polar surface area (TPSA) is 65.8 Å². The van der Waals surface area contributed by atoms with Crippen LogP contribution in [-0.2, 0) is 4.79 Å². The molecule has 0 radical (unpaired) electrons. The van der Waals surface area contributed by atoms with E-state index in [0.29, 0.717) is 18.5 Å². The first kappa shape index (κ1) is 9.66. The molecule has 1 amide bonds. The summed E-state index contributed by atoms with van der Waals surface area (Å²) in [6.07, 6.45) is 4.62. The molecule has 1 aromatic rings. The lowest BCUT2D eigenvalue weighted by molar-refractivity contribution is -0.119. The van der Waals surface area contributed by atoms with Gasteiger partial charge in [0.2, 0.25) is 5.91 Å². The Labute approximate surface area is 87.9 Å². The first-order valence-corrected chi connectivity index (χ1v) is 4.81. The largest absolute Gasteiger partial charge is 0.323 e. The van der Waals surface area contributed by atoms with Gasteiger partial charge in [0.1, 0.15) is 5.41 Å². The zero-order chi connectivity index (χ0) is 10.9. The van der Waals surface area contributed by atoms with E-state index in [9.17, 15) is 4.79 Å². The van der Waals surface area contributed by atoms with Gasteiger partial charge in [0, 0.05) is 6.20 Å². The van der Waals surface area contributed by atoms with Gasteiger partial charge >= 0.3 is 0 Å². The van der Waals surface area contributed by atoms with E-state index in [4.69, 9.17) is 5.26 Å². The van der Waals surface area contributed by atoms with Gasteiger partial charge in [-0.2, -0.15) is 5.26 Å². The molecule has 1 saturated carbocycles. The standard InChI is InChI=1S/C11H11N3O/c1-8-4-9(6-13-5-8)14-10(15)11(7-12)2-3-11/h4-6H,2-3H2,1H3,(H,14,15). The number of pyridine rings is 1. The molecule has 0 saturated heterocycles. The third kappa shape index (κ3) is 1.82. The minimum atomic E-state index is -0.774. The SMILES string of the molecule is Cc1cncc(NC(=O)C2(C#N)CC2)c1. The molecule has 0 unspecified atom stereocenters. The highest BCUT2D eigenvalue weighted by Crippen LogP contribution is 2.45. The Kier molecular flexibility index (Phi) is 2.16. The van der Waals surface area contributed by atoms with Gasteiger partial charge in [0.05, 0.1) is 18.0 Å². The zero-order valence-electron chi connectivity index (χ0n) is 8.45. The number of carbonyl (C=O) groups excluding carboxylic acids is 1. The van der Waals surface area contributed by atoms with Crippen LogP contribution in [0.5, 0.6) is 0 Å². The summed E-state index contributed by atoms with van der Waals surface area (Å²) in [5, 5.41) is 11.5. The fourth-order valence-electron chi connectivity index (χ4n) is 1.39. The fraction of sp³-hybridized carbons (Fsp3) is 0.364. The molecular formula is C11H11N3O. The number of nitrogens with zero attached hydrogens (tertiary/aromatic N) is 2. The first-order chi connectivity index (χ1) is 7.16. The number of hydrogen-bond acceptors (Lipinski definition) is 3. The Balaban J connectivity index is 2.10. The molecule has 76 valence electrons. The summed E-state index contributed by atoms with van der Waals surface area (Å²) >= 11 is 0. The maximum absolute atomic E-state index is 11.7. The summed E-state index contributed by atoms with van der Waals surface area (Å²) in [6, 6.07) is 3.89. The highest BCUT2D eigenvalue weighted by atomic mass is 16.2. The molecule has 15 heavy (non-hydrogen) atoms. The number of nitrogens with one attached hydrogen (secondary N) is 1. The normalized spacial score (nSPS) is 16.5. The molecule has 1 fully saturated rings. The maximum atomic E-state index is 11.7. The van der Waals surface area contributed by atoms with Crippen LogP contribution in [0.1, 0.15) is 18.4 Å². The first-order valence-electron chi connectivity index (χ1n) is 4.81. The molecule has 0 aromatic carbocycles. The van der Waals surface area contributed by atoms with Crippen molar-refractivity contribution in [3.8, 4) is 6.07 Å². The van der Waals surface area contributed by atoms with Crippen molar-refractivity contribution in [1.29, 1.82) is 5.26 Å². The molecule has 4 nitrogen and oxygen atoms in total. The summed E-state index contributed by atoms with van der Waals surface area (Å²) in [7, 11) is 0. The van der Waals surface area contributed by atoms with Crippen molar-refractivity contribution in [2.45, 2.75) is 19.8 Å². The van der Waals surface area contributed by atoms with Gasteiger partial charge in [-0.05, 0) is 31.4 Å². The highest BCUT2D eigenvalue weighted by Gasteiger charge is 2.50. The minimum Gasteiger partial charge on any atom is -0.323 e. The Hall–Kier alpha value is -1.89. The second kappa shape index (κ2) is 3.35. The van der Waals surface area contributed by atoms with Gasteiger partial charge in [-0.1, -0.05) is 0 Å². The molecule has 1 heterocycles. The number of aryl methyl sites for hydroxylation is 1. The quantitative estimate of drug-likeness (QED) is 0.790. The van der Waals surface area contributed by atoms with Gasteiger partial charge in [0.25, 0.3) is 0 Å². The fourth-order valence-corrected chi connectivity index (χ4v) is 1.39. The smallest absolute Gasteiger partial charge is 0.244 e. The maximum Gasteiger partial charge on any atom is 0.244 e. The molecule has 0 bridgehead atoms. The number of aromatic nitrogens is 1. The van der Waals surface area contributed by atoms with Crippen LogP contribution < -0.4 is 5.32 Å². The van der Waals surface area contributed by atoms with Crippen molar-refractivity contribution >= 4 is 11.6 Å². The number of hydrogen-bond donors (Lipinski definition) is 1. The van der Waals surface area contributed by atoms with E-state index >= 15 is 0 Å². The van der Waals surface area contributed by atoms with Gasteiger partial charge in [-0.15, -0.1) is 0 Å². The second-order valence-electron chi connectivity index (χ2n) is 3.90. The van der Waals surface area contributed by atoms with Gasteiger partial charge in [-0.3, -0.25) is 9.78 Å². The average molecular weight is 201 g/mol. The number of rotatable bonds is 2. The summed E-state index contributed by atoms with van der Waals surface area (Å²) in [6.45, 7) is 1.90. The molecule has 1 aliphatic carbocycles. The minimum absolute atomic E-state index is 0.211. The second-order valence-corrected chi connectivity index (χ2v) is 3.90. The summed E-state index contributed by atoms with van der Waals surface area (Å²) in [5.41, 5.74) is 0.861. The lowest BCUT2D eigenvalue weighted by atomic mass is 10.1. The van der Waals surface area contributed by atoms with Crippen LogP contribution in [0.3, 0.4) is 0 Å². The Bertz CT molecular complexity index is 443. The van der Waals surface area contributed by atoms with Crippen LogP contribution in [0.4, 0.5) is 5.69 Å². The van der Waals surface area contributed by atoms with Crippen molar-refractivity contribution in [3.63, 3.8) is 0 Å². The van der Waals surface area contributed by atoms with Crippen LogP contribution in [0, 0.1) is 23.7 Å². The third-order valence-electron chi connectivity index (χ3n) is 2.53. The molecule has 1 N–H and O–H groups in total. The van der Waals surface area contributed by atoms with E-state index in [-0.39, 0.29) is 5.91 Å². The number of anilines is 1. The Morgan fingerprint density at radius 2 is 2.33 bits per heavy atom. The Morgan fingerprint density at radius 3 is 2.87 bits per heavy atom. The van der Waals surface area contributed by atoms with Crippen LogP contribution in [0.25, 0.3) is 0 Å². The lowest BCUT2D eigenvalue weighted by Crippen LogP contribution is -2.22. The van der Waals surface area contributed by atoms with Crippen LogP contribution in [0.2, 0.25) is 0 Å². The highest BCUT2D eigenvalue weighted by molar-refractivity contribution is 5.99. The van der Waals surface area contributed by atoms with Crippen molar-refractivity contribution in [2.24, 2.45) is 5.41 Å². The Morgan fingerprint density at radius 1 is 1.60 bits per heavy atom. The van der Waals surface area contributed by atoms with Gasteiger partial charge in [0.15, 0.2) is 0 Å². The molecule has 1 aliphatic rings. The summed E-state index contributed by atoms with van der Waals surface area (Å²) in [4.78, 5) is 15.6. The number of nitriles is 1. The van der Waals surface area contributed by atoms with E-state index < -0.39 is 5.41 Å². The third-order valence-corrected chi connectivity index (χ3v) is 2.53. The summed E-state index contributed by atoms with van der Waals surface area (Å²) < 4.78 is 0. The van der Waals surface area contributed by atoms with E-state index in [0.717, 1.165) is 5.56 Å². The molecule has 0 aliphatic heterocycles. The molecule has 2 rings (SSSR count). The summed E-state index contributed by atoms with van der Waals surface area (Å²) in [5.74, 6) is -0.211. The predicted molar refractivity (Wildman–Crippen MR) is 54.9 cm³/mol. The van der Waals surface area contributed by atoms with Crippen molar-refractivity contribution in [3.05, 3.63) is 24.0 Å². The number of carbonyl (C=O) groups is 1. The molecule has 0 spiro atoms. The van der Waals surface area contributed by atoms with Gasteiger partial charge in [-0.25, -0.2) is 0 Å².